The molecule has 0 saturated carbocycles. The van der Waals surface area contributed by atoms with Gasteiger partial charge >= 0.3 is 0 Å². The summed E-state index contributed by atoms with van der Waals surface area (Å²) in [5.41, 5.74) is 3.79. The average Bonchev–Trinajstić information content (AvgIpc) is 2.94. The van der Waals surface area contributed by atoms with E-state index in [0.717, 1.165) is 45.2 Å². The summed E-state index contributed by atoms with van der Waals surface area (Å²) < 4.78 is 4.75. The van der Waals surface area contributed by atoms with Crippen molar-refractivity contribution in [2.75, 3.05) is 6.54 Å². The van der Waals surface area contributed by atoms with E-state index in [4.69, 9.17) is 11.6 Å². The molecule has 1 N–H and O–H groups in total. The maximum Gasteiger partial charge on any atom is 0.221 e. The number of carbonyl (C=O) groups excluding carboxylic acids is 1. The predicted octanol–water partition coefficient (Wildman–Crippen LogP) is 3.33. The van der Waals surface area contributed by atoms with Gasteiger partial charge in [-0.05, 0) is 50.0 Å². The number of amides is 1. The van der Waals surface area contributed by atoms with Crippen molar-refractivity contribution in [1.82, 2.24) is 24.9 Å². The van der Waals surface area contributed by atoms with Crippen molar-refractivity contribution < 1.29 is 4.79 Å². The highest BCUT2D eigenvalue weighted by Gasteiger charge is 2.11. The van der Waals surface area contributed by atoms with Gasteiger partial charge in [-0.25, -0.2) is 0 Å². The molecule has 8 heteroatoms. The van der Waals surface area contributed by atoms with Crippen LogP contribution in [0.1, 0.15) is 35.6 Å². The van der Waals surface area contributed by atoms with Gasteiger partial charge in [-0.3, -0.25) is 14.2 Å². The number of nitrogens with one attached hydrogen (secondary N) is 1. The van der Waals surface area contributed by atoms with Gasteiger partial charge in [-0.1, -0.05) is 11.6 Å². The molecular formula is C16H23BrClN5O. The zero-order chi connectivity index (χ0) is 17.9. The molecule has 0 aliphatic heterocycles. The molecule has 0 atom stereocenters. The first-order valence-electron chi connectivity index (χ1n) is 7.97. The summed E-state index contributed by atoms with van der Waals surface area (Å²) in [7, 11) is 0. The summed E-state index contributed by atoms with van der Waals surface area (Å²) in [4.78, 5) is 11.9. The molecule has 0 aromatic carbocycles. The van der Waals surface area contributed by atoms with E-state index in [9.17, 15) is 4.79 Å². The van der Waals surface area contributed by atoms with Crippen molar-refractivity contribution in [3.63, 3.8) is 0 Å². The number of carbonyl (C=O) groups is 1. The molecule has 132 valence electrons. The number of rotatable bonds is 7. The van der Waals surface area contributed by atoms with E-state index in [1.807, 2.05) is 37.1 Å². The van der Waals surface area contributed by atoms with Gasteiger partial charge in [-0.2, -0.15) is 10.2 Å². The third-order valence-corrected chi connectivity index (χ3v) is 5.70. The van der Waals surface area contributed by atoms with Crippen LogP contribution >= 0.6 is 27.5 Å². The number of hydrogen-bond acceptors (Lipinski definition) is 3. The minimum absolute atomic E-state index is 0.0325. The third kappa shape index (κ3) is 4.39. The first-order chi connectivity index (χ1) is 11.3. The van der Waals surface area contributed by atoms with E-state index in [-0.39, 0.29) is 5.91 Å². The zero-order valence-electron chi connectivity index (χ0n) is 14.5. The first kappa shape index (κ1) is 19.0. The van der Waals surface area contributed by atoms with E-state index < -0.39 is 0 Å². The van der Waals surface area contributed by atoms with Crippen LogP contribution in [0, 0.1) is 27.7 Å². The van der Waals surface area contributed by atoms with E-state index in [0.29, 0.717) is 19.5 Å². The van der Waals surface area contributed by atoms with Crippen LogP contribution in [0.2, 0.25) is 5.02 Å². The molecule has 6 nitrogen and oxygen atoms in total. The highest BCUT2D eigenvalue weighted by Crippen LogP contribution is 2.20. The maximum atomic E-state index is 11.9. The molecule has 24 heavy (non-hydrogen) atoms. The molecule has 2 aromatic heterocycles. The topological polar surface area (TPSA) is 64.7 Å². The van der Waals surface area contributed by atoms with Crippen molar-refractivity contribution in [2.45, 2.75) is 53.6 Å². The largest absolute Gasteiger partial charge is 0.356 e. The molecule has 0 aliphatic carbocycles. The van der Waals surface area contributed by atoms with Crippen LogP contribution in [-0.2, 0) is 17.9 Å². The molecule has 0 bridgehead atoms. The van der Waals surface area contributed by atoms with Crippen LogP contribution in [0.3, 0.4) is 0 Å². The molecule has 0 aliphatic rings. The highest BCUT2D eigenvalue weighted by atomic mass is 79.9. The Bertz CT molecular complexity index is 737. The standard InChI is InChI=1S/C16H23BrClN5O/c1-10-15(17)12(3)23(20-10)9-6-14(24)19-7-5-8-22-13(4)16(18)11(2)21-22/h5-9H2,1-4H3,(H,19,24). The minimum Gasteiger partial charge on any atom is -0.356 e. The van der Waals surface area contributed by atoms with Gasteiger partial charge in [0.15, 0.2) is 0 Å². The van der Waals surface area contributed by atoms with Crippen LogP contribution in [-0.4, -0.2) is 32.0 Å². The van der Waals surface area contributed by atoms with Gasteiger partial charge in [0.25, 0.3) is 0 Å². The summed E-state index contributed by atoms with van der Waals surface area (Å²) in [6.07, 6.45) is 1.23. The van der Waals surface area contributed by atoms with E-state index in [2.05, 4.69) is 31.4 Å². The number of aryl methyl sites for hydroxylation is 4. The summed E-state index contributed by atoms with van der Waals surface area (Å²) in [5, 5.41) is 12.4. The monoisotopic (exact) mass is 415 g/mol. The Morgan fingerprint density at radius 1 is 1.08 bits per heavy atom. The van der Waals surface area contributed by atoms with Crippen molar-refractivity contribution in [1.29, 1.82) is 0 Å². The Kier molecular flexibility index (Phi) is 6.46. The molecule has 0 unspecified atom stereocenters. The van der Waals surface area contributed by atoms with Crippen molar-refractivity contribution in [3.8, 4) is 0 Å². The lowest BCUT2D eigenvalue weighted by molar-refractivity contribution is -0.121. The van der Waals surface area contributed by atoms with Gasteiger partial charge in [0.2, 0.25) is 5.91 Å². The fraction of sp³-hybridized carbons (Fsp3) is 0.562. The van der Waals surface area contributed by atoms with Crippen LogP contribution in [0.15, 0.2) is 4.47 Å². The molecule has 2 aromatic rings. The lowest BCUT2D eigenvalue weighted by Crippen LogP contribution is -2.26. The number of hydrogen-bond donors (Lipinski definition) is 1. The second kappa shape index (κ2) is 8.16. The number of nitrogens with zero attached hydrogens (tertiary/aromatic N) is 4. The molecule has 2 heterocycles. The molecule has 1 amide bonds. The Balaban J connectivity index is 1.71. The van der Waals surface area contributed by atoms with Gasteiger partial charge in [0.1, 0.15) is 0 Å². The van der Waals surface area contributed by atoms with Gasteiger partial charge in [-0.15, -0.1) is 0 Å². The molecule has 2 rings (SSSR count). The van der Waals surface area contributed by atoms with E-state index in [1.54, 1.807) is 0 Å². The Hall–Kier alpha value is -1.34. The summed E-state index contributed by atoms with van der Waals surface area (Å²) in [6.45, 7) is 9.72. The zero-order valence-corrected chi connectivity index (χ0v) is 16.8. The van der Waals surface area contributed by atoms with Crippen LogP contribution < -0.4 is 5.32 Å². The average molecular weight is 417 g/mol. The summed E-state index contributed by atoms with van der Waals surface area (Å²) in [5.74, 6) is 0.0325. The molecular weight excluding hydrogens is 394 g/mol. The van der Waals surface area contributed by atoms with Crippen molar-refractivity contribution in [3.05, 3.63) is 32.3 Å². The first-order valence-corrected chi connectivity index (χ1v) is 9.14. The molecule has 0 saturated heterocycles. The number of halogens is 2. The Labute approximate surface area is 155 Å². The Morgan fingerprint density at radius 2 is 1.71 bits per heavy atom. The highest BCUT2D eigenvalue weighted by molar-refractivity contribution is 9.10. The van der Waals surface area contributed by atoms with Crippen LogP contribution in [0.5, 0.6) is 0 Å². The minimum atomic E-state index is 0.0325. The van der Waals surface area contributed by atoms with E-state index in [1.165, 1.54) is 0 Å². The summed E-state index contributed by atoms with van der Waals surface area (Å²) >= 11 is 9.61. The summed E-state index contributed by atoms with van der Waals surface area (Å²) in [6, 6.07) is 0. The lowest BCUT2D eigenvalue weighted by atomic mass is 10.3. The maximum absolute atomic E-state index is 11.9. The molecule has 0 spiro atoms. The van der Waals surface area contributed by atoms with Crippen molar-refractivity contribution >= 4 is 33.4 Å². The molecule has 0 radical (unpaired) electrons. The second-order valence-corrected chi connectivity index (χ2v) is 7.04. The van der Waals surface area contributed by atoms with Gasteiger partial charge in [0.05, 0.1) is 33.1 Å². The quantitative estimate of drug-likeness (QED) is 0.704. The van der Waals surface area contributed by atoms with Crippen molar-refractivity contribution in [2.24, 2.45) is 0 Å². The smallest absolute Gasteiger partial charge is 0.221 e. The van der Waals surface area contributed by atoms with E-state index >= 15 is 0 Å². The normalized spacial score (nSPS) is 11.1. The predicted molar refractivity (Wildman–Crippen MR) is 98.4 cm³/mol. The van der Waals surface area contributed by atoms with Crippen LogP contribution in [0.4, 0.5) is 0 Å². The fourth-order valence-electron chi connectivity index (χ4n) is 2.54. The molecule has 0 fully saturated rings. The lowest BCUT2D eigenvalue weighted by Gasteiger charge is -2.08. The Morgan fingerprint density at radius 3 is 2.25 bits per heavy atom. The van der Waals surface area contributed by atoms with Gasteiger partial charge < -0.3 is 5.32 Å². The number of aromatic nitrogens is 4. The SMILES string of the molecule is Cc1nn(CCCNC(=O)CCn2nc(C)c(Br)c2C)c(C)c1Cl. The second-order valence-electron chi connectivity index (χ2n) is 5.87. The third-order valence-electron chi connectivity index (χ3n) is 4.01. The van der Waals surface area contributed by atoms with Crippen LogP contribution in [0.25, 0.3) is 0 Å². The van der Waals surface area contributed by atoms with Gasteiger partial charge in [0, 0.05) is 25.2 Å². The fourth-order valence-corrected chi connectivity index (χ4v) is 2.96.